The molecule has 1 amide bonds. The van der Waals surface area contributed by atoms with E-state index in [9.17, 15) is 4.79 Å². The highest BCUT2D eigenvalue weighted by Gasteiger charge is 2.26. The molecule has 5 nitrogen and oxygen atoms in total. The number of nitrogens with one attached hydrogen (secondary N) is 1. The summed E-state index contributed by atoms with van der Waals surface area (Å²) in [6.45, 7) is 0.298. The van der Waals surface area contributed by atoms with Crippen LogP contribution in [0.4, 0.5) is 0 Å². The first-order valence-corrected chi connectivity index (χ1v) is 8.10. The number of para-hydroxylation sites is 1. The van der Waals surface area contributed by atoms with Crippen LogP contribution in [-0.4, -0.2) is 26.2 Å². The number of amides is 1. The Morgan fingerprint density at radius 1 is 1.00 bits per heavy atom. The molecule has 0 aliphatic carbocycles. The number of carbonyl (C=O) groups is 1. The molecule has 1 N–H and O–H groups in total. The first-order valence-electron chi connectivity index (χ1n) is 8.10. The number of methoxy groups -OCH3 is 2. The van der Waals surface area contributed by atoms with Crippen LogP contribution in [-0.2, 0) is 22.6 Å². The zero-order chi connectivity index (χ0) is 17.6. The fourth-order valence-corrected chi connectivity index (χ4v) is 2.89. The van der Waals surface area contributed by atoms with E-state index in [1.165, 1.54) is 6.08 Å². The van der Waals surface area contributed by atoms with Crippen LogP contribution in [0.2, 0.25) is 0 Å². The molecule has 1 heterocycles. The number of ether oxygens (including phenoxy) is 3. The topological polar surface area (TPSA) is 56.8 Å². The molecular formula is C20H21NO4. The molecule has 0 saturated carbocycles. The summed E-state index contributed by atoms with van der Waals surface area (Å²) >= 11 is 0. The minimum atomic E-state index is -0.161. The molecule has 0 saturated heterocycles. The molecule has 1 aliphatic rings. The SMILES string of the molecule is COc1cccc(COC2=CC(=O)NC2Cc2ccccc2)c1OC. The molecule has 0 spiro atoms. The van der Waals surface area contributed by atoms with E-state index in [1.54, 1.807) is 14.2 Å². The van der Waals surface area contributed by atoms with Gasteiger partial charge < -0.3 is 19.5 Å². The van der Waals surface area contributed by atoms with E-state index in [0.29, 0.717) is 30.3 Å². The first kappa shape index (κ1) is 16.9. The first-order chi connectivity index (χ1) is 12.2. The number of hydrogen-bond donors (Lipinski definition) is 1. The van der Waals surface area contributed by atoms with Crippen molar-refractivity contribution < 1.29 is 19.0 Å². The van der Waals surface area contributed by atoms with Crippen molar-refractivity contribution in [2.45, 2.75) is 19.1 Å². The summed E-state index contributed by atoms with van der Waals surface area (Å²) in [6.07, 6.45) is 2.20. The van der Waals surface area contributed by atoms with E-state index in [4.69, 9.17) is 14.2 Å². The van der Waals surface area contributed by atoms with Crippen LogP contribution in [0.15, 0.2) is 60.4 Å². The van der Waals surface area contributed by atoms with E-state index in [-0.39, 0.29) is 11.9 Å². The number of carbonyl (C=O) groups excluding carboxylic acids is 1. The predicted molar refractivity (Wildman–Crippen MR) is 94.5 cm³/mol. The van der Waals surface area contributed by atoms with Crippen LogP contribution in [0.25, 0.3) is 0 Å². The van der Waals surface area contributed by atoms with Crippen molar-refractivity contribution >= 4 is 5.91 Å². The van der Waals surface area contributed by atoms with Crippen LogP contribution >= 0.6 is 0 Å². The zero-order valence-electron chi connectivity index (χ0n) is 14.3. The maximum Gasteiger partial charge on any atom is 0.248 e. The molecule has 2 aromatic rings. The van der Waals surface area contributed by atoms with Gasteiger partial charge in [-0.05, 0) is 18.1 Å². The highest BCUT2D eigenvalue weighted by atomic mass is 16.5. The van der Waals surface area contributed by atoms with Gasteiger partial charge in [0.2, 0.25) is 5.91 Å². The zero-order valence-corrected chi connectivity index (χ0v) is 14.3. The summed E-state index contributed by atoms with van der Waals surface area (Å²) in [5, 5.41) is 2.93. The third-order valence-corrected chi connectivity index (χ3v) is 4.09. The van der Waals surface area contributed by atoms with Gasteiger partial charge in [0.25, 0.3) is 0 Å². The Morgan fingerprint density at radius 2 is 1.80 bits per heavy atom. The molecule has 1 unspecified atom stereocenters. The third-order valence-electron chi connectivity index (χ3n) is 4.09. The van der Waals surface area contributed by atoms with Crippen molar-refractivity contribution in [3.63, 3.8) is 0 Å². The van der Waals surface area contributed by atoms with Gasteiger partial charge in [0, 0.05) is 11.6 Å². The molecule has 0 fully saturated rings. The van der Waals surface area contributed by atoms with Crippen LogP contribution < -0.4 is 14.8 Å². The van der Waals surface area contributed by atoms with Gasteiger partial charge in [-0.1, -0.05) is 42.5 Å². The molecule has 25 heavy (non-hydrogen) atoms. The smallest absolute Gasteiger partial charge is 0.248 e. The van der Waals surface area contributed by atoms with E-state index in [2.05, 4.69) is 5.32 Å². The van der Waals surface area contributed by atoms with E-state index >= 15 is 0 Å². The molecule has 0 bridgehead atoms. The van der Waals surface area contributed by atoms with Crippen molar-refractivity contribution in [1.82, 2.24) is 5.32 Å². The Labute approximate surface area is 147 Å². The van der Waals surface area contributed by atoms with Gasteiger partial charge in [-0.2, -0.15) is 0 Å². The second-order valence-corrected chi connectivity index (χ2v) is 5.74. The Balaban J connectivity index is 1.71. The lowest BCUT2D eigenvalue weighted by Crippen LogP contribution is -2.31. The number of hydrogen-bond acceptors (Lipinski definition) is 4. The highest BCUT2D eigenvalue weighted by molar-refractivity contribution is 5.91. The monoisotopic (exact) mass is 339 g/mol. The Kier molecular flexibility index (Phi) is 5.23. The fraction of sp³-hybridized carbons (Fsp3) is 0.250. The van der Waals surface area contributed by atoms with Gasteiger partial charge in [0.05, 0.1) is 20.3 Å². The lowest BCUT2D eigenvalue weighted by atomic mass is 10.1. The van der Waals surface area contributed by atoms with Crippen LogP contribution in [0.5, 0.6) is 11.5 Å². The van der Waals surface area contributed by atoms with Crippen molar-refractivity contribution in [1.29, 1.82) is 0 Å². The Morgan fingerprint density at radius 3 is 2.52 bits per heavy atom. The van der Waals surface area contributed by atoms with Crippen molar-refractivity contribution in [3.8, 4) is 11.5 Å². The Hall–Kier alpha value is -2.95. The minimum absolute atomic E-state index is 0.131. The average molecular weight is 339 g/mol. The molecule has 130 valence electrons. The third kappa shape index (κ3) is 3.94. The second-order valence-electron chi connectivity index (χ2n) is 5.74. The number of benzene rings is 2. The van der Waals surface area contributed by atoms with Gasteiger partial charge in [0.1, 0.15) is 12.4 Å². The van der Waals surface area contributed by atoms with E-state index in [1.807, 2.05) is 48.5 Å². The minimum Gasteiger partial charge on any atom is -0.493 e. The average Bonchev–Trinajstić information content (AvgIpc) is 2.99. The predicted octanol–water partition coefficient (Wildman–Crippen LogP) is 2.85. The highest BCUT2D eigenvalue weighted by Crippen LogP contribution is 2.32. The van der Waals surface area contributed by atoms with E-state index in [0.717, 1.165) is 11.1 Å². The molecule has 2 aromatic carbocycles. The summed E-state index contributed by atoms with van der Waals surface area (Å²) < 4.78 is 16.7. The van der Waals surface area contributed by atoms with Gasteiger partial charge in [-0.25, -0.2) is 0 Å². The summed E-state index contributed by atoms with van der Waals surface area (Å²) in [7, 11) is 3.19. The lowest BCUT2D eigenvalue weighted by Gasteiger charge is -2.18. The van der Waals surface area contributed by atoms with Crippen molar-refractivity contribution in [3.05, 3.63) is 71.5 Å². The molecule has 0 radical (unpaired) electrons. The van der Waals surface area contributed by atoms with Crippen LogP contribution in [0.3, 0.4) is 0 Å². The van der Waals surface area contributed by atoms with Crippen molar-refractivity contribution in [2.75, 3.05) is 14.2 Å². The quantitative estimate of drug-likeness (QED) is 0.843. The Bertz CT molecular complexity index is 771. The molecule has 3 rings (SSSR count). The number of rotatable bonds is 7. The summed E-state index contributed by atoms with van der Waals surface area (Å²) in [6, 6.07) is 15.5. The normalized spacial score (nSPS) is 16.2. The largest absolute Gasteiger partial charge is 0.493 e. The lowest BCUT2D eigenvalue weighted by molar-refractivity contribution is -0.116. The van der Waals surface area contributed by atoms with Gasteiger partial charge in [-0.3, -0.25) is 4.79 Å². The summed E-state index contributed by atoms with van der Waals surface area (Å²) in [5.41, 5.74) is 2.00. The molecule has 5 heteroatoms. The molecule has 1 atom stereocenters. The van der Waals surface area contributed by atoms with Gasteiger partial charge >= 0.3 is 0 Å². The molecular weight excluding hydrogens is 318 g/mol. The fourth-order valence-electron chi connectivity index (χ4n) is 2.89. The van der Waals surface area contributed by atoms with E-state index < -0.39 is 0 Å². The van der Waals surface area contributed by atoms with Crippen LogP contribution in [0.1, 0.15) is 11.1 Å². The molecule has 0 aromatic heterocycles. The van der Waals surface area contributed by atoms with Gasteiger partial charge in [-0.15, -0.1) is 0 Å². The maximum absolute atomic E-state index is 11.8. The standard InChI is InChI=1S/C20H21NO4/c1-23-17-10-6-9-15(20(17)24-2)13-25-18-12-19(22)21-16(18)11-14-7-4-3-5-8-14/h3-10,12,16H,11,13H2,1-2H3,(H,21,22). The molecule has 1 aliphatic heterocycles. The maximum atomic E-state index is 11.8. The summed E-state index contributed by atoms with van der Waals surface area (Å²) in [5.74, 6) is 1.80. The van der Waals surface area contributed by atoms with Crippen LogP contribution in [0, 0.1) is 0 Å². The van der Waals surface area contributed by atoms with Crippen molar-refractivity contribution in [2.24, 2.45) is 0 Å². The van der Waals surface area contributed by atoms with Gasteiger partial charge in [0.15, 0.2) is 11.5 Å². The summed E-state index contributed by atoms with van der Waals surface area (Å²) in [4.78, 5) is 11.8. The second kappa shape index (κ2) is 7.75.